The molecule has 1 saturated heterocycles. The zero-order valence-corrected chi connectivity index (χ0v) is 12.1. The third kappa shape index (κ3) is 2.96. The number of aromatic nitrogens is 3. The maximum absolute atomic E-state index is 11.3. The highest BCUT2D eigenvalue weighted by atomic mass is 16.6. The van der Waals surface area contributed by atoms with Crippen molar-refractivity contribution >= 4 is 17.1 Å². The summed E-state index contributed by atoms with van der Waals surface area (Å²) < 4.78 is 1.68. The topological polar surface area (TPSA) is 120 Å². The van der Waals surface area contributed by atoms with Gasteiger partial charge in [-0.1, -0.05) is 0 Å². The molecule has 1 fully saturated rings. The van der Waals surface area contributed by atoms with Gasteiger partial charge in [-0.05, 0) is 18.9 Å². The van der Waals surface area contributed by atoms with Crippen molar-refractivity contribution in [1.29, 1.82) is 0 Å². The Morgan fingerprint density at radius 3 is 2.74 bits per heavy atom. The standard InChI is InChI=1S/C13H14N6O4/c20-18(21)10-3-4-12(13(6-10)19(22)23)17-5-1-2-11(17)7-16-9-14-8-15-16/h3-4,6,8-9,11H,1-2,5,7H2/t11-/m1/s1. The van der Waals surface area contributed by atoms with Crippen LogP contribution in [0.4, 0.5) is 17.1 Å². The Balaban J connectivity index is 1.92. The van der Waals surface area contributed by atoms with Gasteiger partial charge in [0.05, 0.1) is 22.5 Å². The quantitative estimate of drug-likeness (QED) is 0.608. The van der Waals surface area contributed by atoms with E-state index in [0.717, 1.165) is 18.9 Å². The first kappa shape index (κ1) is 14.9. The smallest absolute Gasteiger partial charge is 0.299 e. The zero-order chi connectivity index (χ0) is 16.4. The fourth-order valence-electron chi connectivity index (χ4n) is 2.90. The van der Waals surface area contributed by atoms with Crippen LogP contribution in [0.15, 0.2) is 30.9 Å². The summed E-state index contributed by atoms with van der Waals surface area (Å²) in [7, 11) is 0. The van der Waals surface area contributed by atoms with E-state index in [9.17, 15) is 20.2 Å². The summed E-state index contributed by atoms with van der Waals surface area (Å²) in [5, 5.41) is 26.2. The van der Waals surface area contributed by atoms with Crippen LogP contribution < -0.4 is 4.90 Å². The second-order valence-corrected chi connectivity index (χ2v) is 5.29. The van der Waals surface area contributed by atoms with Crippen molar-refractivity contribution in [2.75, 3.05) is 11.4 Å². The van der Waals surface area contributed by atoms with Gasteiger partial charge in [-0.3, -0.25) is 24.9 Å². The lowest BCUT2D eigenvalue weighted by atomic mass is 10.2. The second kappa shape index (κ2) is 5.99. The summed E-state index contributed by atoms with van der Waals surface area (Å²) in [4.78, 5) is 26.7. The van der Waals surface area contributed by atoms with Gasteiger partial charge in [0.25, 0.3) is 11.4 Å². The number of non-ortho nitro benzene ring substituents is 1. The number of hydrogen-bond donors (Lipinski definition) is 0. The van der Waals surface area contributed by atoms with Crippen LogP contribution in [-0.4, -0.2) is 37.2 Å². The summed E-state index contributed by atoms with van der Waals surface area (Å²) in [5.74, 6) is 0. The average Bonchev–Trinajstić information content (AvgIpc) is 3.18. The molecule has 0 amide bonds. The SMILES string of the molecule is O=[N+]([O-])c1ccc(N2CCC[C@@H]2Cn2cncn2)c([N+](=O)[O-])c1. The predicted octanol–water partition coefficient (Wildman–Crippen LogP) is 1.76. The van der Waals surface area contributed by atoms with E-state index >= 15 is 0 Å². The van der Waals surface area contributed by atoms with E-state index in [0.29, 0.717) is 18.8 Å². The van der Waals surface area contributed by atoms with Crippen molar-refractivity contribution in [3.8, 4) is 0 Å². The Kier molecular flexibility index (Phi) is 3.87. The van der Waals surface area contributed by atoms with Crippen LogP contribution in [0.1, 0.15) is 12.8 Å². The molecule has 23 heavy (non-hydrogen) atoms. The van der Waals surface area contributed by atoms with Crippen molar-refractivity contribution in [2.24, 2.45) is 0 Å². The molecule has 1 aromatic heterocycles. The molecule has 0 radical (unpaired) electrons. The van der Waals surface area contributed by atoms with E-state index in [2.05, 4.69) is 10.1 Å². The highest BCUT2D eigenvalue weighted by Gasteiger charge is 2.31. The Morgan fingerprint density at radius 1 is 1.26 bits per heavy atom. The van der Waals surface area contributed by atoms with Crippen LogP contribution in [0.3, 0.4) is 0 Å². The first-order valence-electron chi connectivity index (χ1n) is 7.08. The van der Waals surface area contributed by atoms with Crippen LogP contribution in [0.5, 0.6) is 0 Å². The highest BCUT2D eigenvalue weighted by Crippen LogP contribution is 2.36. The molecule has 2 aromatic rings. The Bertz CT molecular complexity index is 732. The normalized spacial score (nSPS) is 17.4. The molecule has 120 valence electrons. The molecule has 10 heteroatoms. The summed E-state index contributed by atoms with van der Waals surface area (Å²) in [5.41, 5.74) is -0.125. The number of anilines is 1. The lowest BCUT2D eigenvalue weighted by molar-refractivity contribution is -0.393. The van der Waals surface area contributed by atoms with E-state index < -0.39 is 9.85 Å². The molecule has 1 aromatic carbocycles. The first-order valence-corrected chi connectivity index (χ1v) is 7.08. The summed E-state index contributed by atoms with van der Waals surface area (Å²) in [6.07, 6.45) is 4.80. The molecule has 1 aliphatic heterocycles. The van der Waals surface area contributed by atoms with Gasteiger partial charge in [-0.2, -0.15) is 5.10 Å². The van der Waals surface area contributed by atoms with Crippen molar-refractivity contribution in [3.63, 3.8) is 0 Å². The third-order valence-corrected chi connectivity index (χ3v) is 3.92. The summed E-state index contributed by atoms with van der Waals surface area (Å²) >= 11 is 0. The predicted molar refractivity (Wildman–Crippen MR) is 80.1 cm³/mol. The van der Waals surface area contributed by atoms with Crippen LogP contribution in [-0.2, 0) is 6.54 Å². The van der Waals surface area contributed by atoms with Gasteiger partial charge in [0.1, 0.15) is 18.3 Å². The minimum Gasteiger partial charge on any atom is -0.361 e. The van der Waals surface area contributed by atoms with E-state index in [1.54, 1.807) is 11.0 Å². The molecule has 1 aliphatic rings. The lowest BCUT2D eigenvalue weighted by Crippen LogP contribution is -2.33. The molecular weight excluding hydrogens is 304 g/mol. The maximum Gasteiger partial charge on any atom is 0.299 e. The van der Waals surface area contributed by atoms with Crippen molar-refractivity contribution in [1.82, 2.24) is 14.8 Å². The van der Waals surface area contributed by atoms with Gasteiger partial charge in [-0.15, -0.1) is 0 Å². The van der Waals surface area contributed by atoms with Crippen LogP contribution in [0.25, 0.3) is 0 Å². The van der Waals surface area contributed by atoms with Crippen LogP contribution in [0.2, 0.25) is 0 Å². The Morgan fingerprint density at radius 2 is 2.09 bits per heavy atom. The maximum atomic E-state index is 11.3. The van der Waals surface area contributed by atoms with Gasteiger partial charge >= 0.3 is 0 Å². The van der Waals surface area contributed by atoms with E-state index in [4.69, 9.17) is 0 Å². The number of nitro benzene ring substituents is 2. The molecule has 1 atom stereocenters. The first-order chi connectivity index (χ1) is 11.1. The lowest BCUT2D eigenvalue weighted by Gasteiger charge is -2.26. The highest BCUT2D eigenvalue weighted by molar-refractivity contribution is 5.67. The third-order valence-electron chi connectivity index (χ3n) is 3.92. The van der Waals surface area contributed by atoms with Gasteiger partial charge < -0.3 is 4.90 Å². The van der Waals surface area contributed by atoms with E-state index in [1.807, 2.05) is 4.90 Å². The molecule has 0 bridgehead atoms. The van der Waals surface area contributed by atoms with Gasteiger partial charge in [0.2, 0.25) is 0 Å². The zero-order valence-electron chi connectivity index (χ0n) is 12.1. The number of nitrogens with zero attached hydrogens (tertiary/aromatic N) is 6. The molecule has 0 unspecified atom stereocenters. The molecule has 3 rings (SSSR count). The number of nitro groups is 2. The second-order valence-electron chi connectivity index (χ2n) is 5.29. The molecule has 0 spiro atoms. The van der Waals surface area contributed by atoms with Gasteiger partial charge in [-0.25, -0.2) is 4.98 Å². The van der Waals surface area contributed by atoms with Crippen molar-refractivity contribution in [2.45, 2.75) is 25.4 Å². The summed E-state index contributed by atoms with van der Waals surface area (Å²) in [6.45, 7) is 1.23. The van der Waals surface area contributed by atoms with E-state index in [1.165, 1.54) is 18.5 Å². The molecule has 10 nitrogen and oxygen atoms in total. The van der Waals surface area contributed by atoms with Crippen LogP contribution in [0, 0.1) is 20.2 Å². The molecular formula is C13H14N6O4. The molecule has 2 heterocycles. The Labute approximate surface area is 130 Å². The Hall–Kier alpha value is -3.04. The van der Waals surface area contributed by atoms with Gasteiger partial charge in [0.15, 0.2) is 0 Å². The molecule has 0 aliphatic carbocycles. The largest absolute Gasteiger partial charge is 0.361 e. The number of benzene rings is 1. The van der Waals surface area contributed by atoms with Crippen molar-refractivity contribution < 1.29 is 9.85 Å². The average molecular weight is 318 g/mol. The molecule has 0 saturated carbocycles. The van der Waals surface area contributed by atoms with Crippen molar-refractivity contribution in [3.05, 3.63) is 51.1 Å². The number of rotatable bonds is 5. The minimum atomic E-state index is -0.631. The minimum absolute atomic E-state index is 0.0388. The van der Waals surface area contributed by atoms with E-state index in [-0.39, 0.29) is 17.4 Å². The monoisotopic (exact) mass is 318 g/mol. The fraction of sp³-hybridized carbons (Fsp3) is 0.385. The number of hydrogen-bond acceptors (Lipinski definition) is 7. The van der Waals surface area contributed by atoms with Gasteiger partial charge in [0, 0.05) is 18.7 Å². The van der Waals surface area contributed by atoms with Crippen LogP contribution >= 0.6 is 0 Å². The molecule has 0 N–H and O–H groups in total. The summed E-state index contributed by atoms with van der Waals surface area (Å²) in [6, 6.07) is 3.81. The fourth-order valence-corrected chi connectivity index (χ4v) is 2.90.